The predicted octanol–water partition coefficient (Wildman–Crippen LogP) is -0.415. The molecule has 5 aliphatic rings. The minimum Gasteiger partial charge on any atom is -0.378 e. The van der Waals surface area contributed by atoms with Crippen molar-refractivity contribution < 1.29 is 24.1 Å². The molecule has 0 spiro atoms. The van der Waals surface area contributed by atoms with Crippen molar-refractivity contribution >= 4 is 0 Å². The van der Waals surface area contributed by atoms with Crippen LogP contribution in [-0.4, -0.2) is 103 Å². The van der Waals surface area contributed by atoms with Crippen LogP contribution >= 0.6 is 0 Å². The van der Waals surface area contributed by atoms with E-state index in [1.807, 2.05) is 11.9 Å². The third kappa shape index (κ3) is 5.54. The first-order valence-electron chi connectivity index (χ1n) is 13.0. The Bertz CT molecular complexity index is 638. The fourth-order valence-corrected chi connectivity index (χ4v) is 6.63. The lowest BCUT2D eigenvalue weighted by atomic mass is 9.80. The minimum absolute atomic E-state index is 0.0148. The molecule has 0 bridgehead atoms. The Morgan fingerprint density at radius 1 is 1.06 bits per heavy atom. The first kappa shape index (κ1) is 24.3. The maximum Gasteiger partial charge on any atom is 0.215 e. The molecule has 0 aromatic heterocycles. The highest BCUT2D eigenvalue weighted by Crippen LogP contribution is 2.33. The fraction of sp³-hybridized carbons (Fsp3) is 1.00. The molecule has 0 radical (unpaired) electrons. The van der Waals surface area contributed by atoms with Crippen molar-refractivity contribution in [2.45, 2.75) is 113 Å². The number of alkyl halides is 1. The SMILES string of the molecule is CN1C(O)CCC2NCC(F)C(COC3CCC(NCC4CCC5OC(O)NC5N4)CC3)C21. The number of ether oxygens (including phenoxy) is 2. The molecule has 4 heterocycles. The van der Waals surface area contributed by atoms with Crippen LogP contribution in [-0.2, 0) is 9.47 Å². The van der Waals surface area contributed by atoms with E-state index < -0.39 is 18.8 Å². The molecule has 10 heteroatoms. The van der Waals surface area contributed by atoms with E-state index in [-0.39, 0.29) is 36.4 Å². The van der Waals surface area contributed by atoms with Crippen LogP contribution in [0.2, 0.25) is 0 Å². The molecule has 0 amide bonds. The van der Waals surface area contributed by atoms with Gasteiger partial charge >= 0.3 is 0 Å². The van der Waals surface area contributed by atoms with Crippen LogP contribution in [0.15, 0.2) is 0 Å². The summed E-state index contributed by atoms with van der Waals surface area (Å²) in [7, 11) is 1.91. The highest BCUT2D eigenvalue weighted by atomic mass is 19.1. The van der Waals surface area contributed by atoms with Crippen molar-refractivity contribution in [3.63, 3.8) is 0 Å². The normalized spacial score (nSPS) is 48.9. The lowest BCUT2D eigenvalue weighted by Crippen LogP contribution is -2.66. The molecule has 0 aromatic carbocycles. The van der Waals surface area contributed by atoms with Gasteiger partial charge in [-0.25, -0.2) is 4.39 Å². The van der Waals surface area contributed by atoms with E-state index in [4.69, 9.17) is 9.47 Å². The van der Waals surface area contributed by atoms with Gasteiger partial charge in [0.15, 0.2) is 0 Å². The summed E-state index contributed by atoms with van der Waals surface area (Å²) in [6, 6.07) is 1.08. The number of hydrogen-bond acceptors (Lipinski definition) is 9. The molecule has 9 atom stereocenters. The van der Waals surface area contributed by atoms with Crippen molar-refractivity contribution in [1.29, 1.82) is 0 Å². The van der Waals surface area contributed by atoms with E-state index in [2.05, 4.69) is 21.3 Å². The van der Waals surface area contributed by atoms with E-state index in [9.17, 15) is 14.6 Å². The van der Waals surface area contributed by atoms with E-state index in [0.29, 0.717) is 25.2 Å². The Labute approximate surface area is 196 Å². The summed E-state index contributed by atoms with van der Waals surface area (Å²) in [5.41, 5.74) is 0. The molecule has 0 aromatic rings. The van der Waals surface area contributed by atoms with Gasteiger partial charge in [0.1, 0.15) is 12.4 Å². The summed E-state index contributed by atoms with van der Waals surface area (Å²) in [6.45, 7) is 1.72. The second kappa shape index (κ2) is 10.7. The quantitative estimate of drug-likeness (QED) is 0.308. The summed E-state index contributed by atoms with van der Waals surface area (Å²) >= 11 is 0. The zero-order chi connectivity index (χ0) is 22.9. The molecule has 9 nitrogen and oxygen atoms in total. The van der Waals surface area contributed by atoms with Crippen LogP contribution in [0.25, 0.3) is 0 Å². The number of likely N-dealkylation sites (N-methyl/N-ethyl adjacent to an activating group) is 1. The molecule has 4 saturated heterocycles. The van der Waals surface area contributed by atoms with Crippen LogP contribution in [0.5, 0.6) is 0 Å². The van der Waals surface area contributed by atoms with Gasteiger partial charge in [0.2, 0.25) is 6.41 Å². The fourth-order valence-electron chi connectivity index (χ4n) is 6.63. The number of nitrogens with one attached hydrogen (secondary N) is 4. The molecule has 5 fully saturated rings. The molecule has 9 unspecified atom stereocenters. The zero-order valence-corrected chi connectivity index (χ0v) is 19.7. The van der Waals surface area contributed by atoms with Crippen molar-refractivity contribution in [2.24, 2.45) is 5.92 Å². The van der Waals surface area contributed by atoms with E-state index >= 15 is 0 Å². The molecule has 6 N–H and O–H groups in total. The van der Waals surface area contributed by atoms with Crippen LogP contribution in [0, 0.1) is 5.92 Å². The second-order valence-corrected chi connectivity index (χ2v) is 10.7. The second-order valence-electron chi connectivity index (χ2n) is 10.7. The standard InChI is InChI=1S/C23H42FN5O4/c1-29-20(30)9-7-18-21(29)16(17(24)11-26-18)12-32-15-5-2-13(3-6-15)25-10-14-4-8-19-22(27-14)28-23(31)33-19/h13-23,25-28,30-31H,2-12H2,1H3. The monoisotopic (exact) mass is 471 g/mol. The average Bonchev–Trinajstić information content (AvgIpc) is 3.19. The maximum absolute atomic E-state index is 14.8. The highest BCUT2D eigenvalue weighted by Gasteiger charge is 2.46. The number of rotatable bonds is 6. The van der Waals surface area contributed by atoms with Gasteiger partial charge in [-0.15, -0.1) is 0 Å². The Kier molecular flexibility index (Phi) is 7.85. The van der Waals surface area contributed by atoms with Crippen molar-refractivity contribution in [3.05, 3.63) is 0 Å². The Balaban J connectivity index is 1.03. The van der Waals surface area contributed by atoms with Gasteiger partial charge in [-0.2, -0.15) is 0 Å². The molecule has 1 aliphatic carbocycles. The van der Waals surface area contributed by atoms with E-state index in [1.165, 1.54) is 0 Å². The largest absolute Gasteiger partial charge is 0.378 e. The van der Waals surface area contributed by atoms with Crippen LogP contribution in [0.3, 0.4) is 0 Å². The summed E-state index contributed by atoms with van der Waals surface area (Å²) < 4.78 is 26.5. The molecule has 190 valence electrons. The average molecular weight is 472 g/mol. The van der Waals surface area contributed by atoms with Crippen molar-refractivity contribution in [3.8, 4) is 0 Å². The smallest absolute Gasteiger partial charge is 0.215 e. The van der Waals surface area contributed by atoms with Gasteiger partial charge in [0, 0.05) is 43.2 Å². The highest BCUT2D eigenvalue weighted by molar-refractivity contribution is 5.00. The Hall–Kier alpha value is -0.430. The van der Waals surface area contributed by atoms with Gasteiger partial charge in [-0.05, 0) is 58.4 Å². The summed E-state index contributed by atoms with van der Waals surface area (Å²) in [6.07, 6.45) is 5.72. The summed E-state index contributed by atoms with van der Waals surface area (Å²) in [4.78, 5) is 1.94. The number of halogens is 1. The molecule has 4 aliphatic heterocycles. The van der Waals surface area contributed by atoms with Crippen LogP contribution in [0.1, 0.15) is 51.4 Å². The van der Waals surface area contributed by atoms with E-state index in [1.54, 1.807) is 0 Å². The van der Waals surface area contributed by atoms with Gasteiger partial charge in [-0.1, -0.05) is 0 Å². The number of hydrogen-bond donors (Lipinski definition) is 6. The van der Waals surface area contributed by atoms with Gasteiger partial charge in [0.25, 0.3) is 0 Å². The van der Waals surface area contributed by atoms with Crippen molar-refractivity contribution in [1.82, 2.24) is 26.2 Å². The van der Waals surface area contributed by atoms with Crippen LogP contribution in [0.4, 0.5) is 4.39 Å². The molecule has 33 heavy (non-hydrogen) atoms. The van der Waals surface area contributed by atoms with Gasteiger partial charge in [0.05, 0.1) is 25.0 Å². The summed E-state index contributed by atoms with van der Waals surface area (Å²) in [5, 5.41) is 33.5. The zero-order valence-electron chi connectivity index (χ0n) is 19.7. The Morgan fingerprint density at radius 3 is 2.70 bits per heavy atom. The molecular weight excluding hydrogens is 429 g/mol. The number of piperidine rings is 3. The maximum atomic E-state index is 14.8. The lowest BCUT2D eigenvalue weighted by Gasteiger charge is -2.50. The number of likely N-dealkylation sites (tertiary alicyclic amines) is 1. The van der Waals surface area contributed by atoms with Crippen LogP contribution < -0.4 is 21.3 Å². The summed E-state index contributed by atoms with van der Waals surface area (Å²) in [5.74, 6) is -0.194. The number of nitrogens with zero attached hydrogens (tertiary/aromatic N) is 1. The lowest BCUT2D eigenvalue weighted by molar-refractivity contribution is -0.115. The predicted molar refractivity (Wildman–Crippen MR) is 121 cm³/mol. The van der Waals surface area contributed by atoms with Crippen molar-refractivity contribution in [2.75, 3.05) is 26.7 Å². The topological polar surface area (TPSA) is 110 Å². The number of aliphatic hydroxyl groups is 2. The first-order chi connectivity index (χ1) is 16.0. The number of aliphatic hydroxyl groups excluding tert-OH is 2. The van der Waals surface area contributed by atoms with Gasteiger partial charge < -0.3 is 30.3 Å². The van der Waals surface area contributed by atoms with E-state index in [0.717, 1.165) is 57.9 Å². The molecular formula is C23H42FN5O4. The minimum atomic E-state index is -0.944. The van der Waals surface area contributed by atoms with Gasteiger partial charge in [-0.3, -0.25) is 15.5 Å². The Morgan fingerprint density at radius 2 is 1.88 bits per heavy atom. The molecule has 5 rings (SSSR count). The third-order valence-electron chi connectivity index (χ3n) is 8.63. The molecule has 1 saturated carbocycles. The third-order valence-corrected chi connectivity index (χ3v) is 8.63. The number of fused-ring (bicyclic) bond motifs is 2. The first-order valence-corrected chi connectivity index (χ1v) is 13.0.